The molecule has 0 aromatic heterocycles. The molecule has 1 rings (SSSR count). The van der Waals surface area contributed by atoms with Gasteiger partial charge >= 0.3 is 0 Å². The zero-order valence-electron chi connectivity index (χ0n) is 10.1. The Bertz CT molecular complexity index is 289. The van der Waals surface area contributed by atoms with Crippen molar-refractivity contribution in [1.29, 1.82) is 0 Å². The summed E-state index contributed by atoms with van der Waals surface area (Å²) in [5.74, 6) is 1.17. The first-order chi connectivity index (χ1) is 7.15. The molecule has 1 unspecified atom stereocenters. The summed E-state index contributed by atoms with van der Waals surface area (Å²) in [6.07, 6.45) is 2.15. The van der Waals surface area contributed by atoms with Crippen LogP contribution in [0.3, 0.4) is 0 Å². The number of hydrogen-bond acceptors (Lipinski definition) is 2. The summed E-state index contributed by atoms with van der Waals surface area (Å²) in [7, 11) is 0. The monoisotopic (exact) mass is 223 g/mol. The fourth-order valence-corrected chi connectivity index (χ4v) is 2.33. The Kier molecular flexibility index (Phi) is 5.20. The molecule has 0 radical (unpaired) electrons. The minimum absolute atomic E-state index is 0.582. The first-order valence-electron chi connectivity index (χ1n) is 5.42. The molecule has 0 amide bonds. The summed E-state index contributed by atoms with van der Waals surface area (Å²) in [6.45, 7) is 7.59. The van der Waals surface area contributed by atoms with Crippen molar-refractivity contribution in [2.75, 3.05) is 12.0 Å². The predicted molar refractivity (Wildman–Crippen MR) is 70.6 cm³/mol. The SMILES string of the molecule is CSCC(C)NCc1c(C)cccc1C. The van der Waals surface area contributed by atoms with Crippen molar-refractivity contribution in [2.24, 2.45) is 0 Å². The minimum atomic E-state index is 0.582. The quantitative estimate of drug-likeness (QED) is 0.823. The molecular weight excluding hydrogens is 202 g/mol. The molecule has 0 aliphatic carbocycles. The molecule has 15 heavy (non-hydrogen) atoms. The molecule has 0 aliphatic rings. The van der Waals surface area contributed by atoms with E-state index in [0.717, 1.165) is 6.54 Å². The van der Waals surface area contributed by atoms with E-state index in [1.54, 1.807) is 0 Å². The Hall–Kier alpha value is -0.470. The second-order valence-electron chi connectivity index (χ2n) is 4.11. The van der Waals surface area contributed by atoms with Crippen molar-refractivity contribution in [3.63, 3.8) is 0 Å². The van der Waals surface area contributed by atoms with Crippen LogP contribution in [0, 0.1) is 13.8 Å². The van der Waals surface area contributed by atoms with Gasteiger partial charge in [0.2, 0.25) is 0 Å². The highest BCUT2D eigenvalue weighted by Gasteiger charge is 2.04. The molecule has 0 fully saturated rings. The molecule has 0 bridgehead atoms. The second-order valence-corrected chi connectivity index (χ2v) is 5.02. The third-order valence-corrected chi connectivity index (χ3v) is 3.52. The third kappa shape index (κ3) is 3.88. The van der Waals surface area contributed by atoms with Gasteiger partial charge in [-0.05, 0) is 43.7 Å². The highest BCUT2D eigenvalue weighted by molar-refractivity contribution is 7.98. The van der Waals surface area contributed by atoms with E-state index in [4.69, 9.17) is 0 Å². The van der Waals surface area contributed by atoms with Gasteiger partial charge in [-0.1, -0.05) is 18.2 Å². The molecule has 2 heteroatoms. The first kappa shape index (κ1) is 12.6. The lowest BCUT2D eigenvalue weighted by Crippen LogP contribution is -2.28. The van der Waals surface area contributed by atoms with Crippen LogP contribution in [0.1, 0.15) is 23.6 Å². The number of benzene rings is 1. The Balaban J connectivity index is 2.57. The first-order valence-corrected chi connectivity index (χ1v) is 6.82. The molecule has 0 heterocycles. The number of rotatable bonds is 5. The minimum Gasteiger partial charge on any atom is -0.309 e. The Labute approximate surface area is 97.7 Å². The van der Waals surface area contributed by atoms with Gasteiger partial charge < -0.3 is 5.32 Å². The van der Waals surface area contributed by atoms with Crippen LogP contribution in [0.4, 0.5) is 0 Å². The maximum Gasteiger partial charge on any atom is 0.0213 e. The number of aryl methyl sites for hydroxylation is 2. The van der Waals surface area contributed by atoms with Gasteiger partial charge in [0.25, 0.3) is 0 Å². The maximum atomic E-state index is 3.56. The van der Waals surface area contributed by atoms with Crippen LogP contribution < -0.4 is 5.32 Å². The lowest BCUT2D eigenvalue weighted by atomic mass is 10.0. The Morgan fingerprint density at radius 3 is 2.40 bits per heavy atom. The molecule has 1 aromatic rings. The van der Waals surface area contributed by atoms with Crippen molar-refractivity contribution in [1.82, 2.24) is 5.32 Å². The van der Waals surface area contributed by atoms with Crippen LogP contribution >= 0.6 is 11.8 Å². The van der Waals surface area contributed by atoms with Gasteiger partial charge in [0.05, 0.1) is 0 Å². The summed E-state index contributed by atoms with van der Waals surface area (Å²) in [4.78, 5) is 0. The van der Waals surface area contributed by atoms with E-state index in [1.807, 2.05) is 11.8 Å². The van der Waals surface area contributed by atoms with E-state index in [9.17, 15) is 0 Å². The van der Waals surface area contributed by atoms with Crippen molar-refractivity contribution in [3.8, 4) is 0 Å². The lowest BCUT2D eigenvalue weighted by molar-refractivity contribution is 0.593. The molecule has 84 valence electrons. The van der Waals surface area contributed by atoms with Crippen LogP contribution in [0.15, 0.2) is 18.2 Å². The van der Waals surface area contributed by atoms with E-state index in [-0.39, 0.29) is 0 Å². The summed E-state index contributed by atoms with van der Waals surface area (Å²) < 4.78 is 0. The Morgan fingerprint density at radius 1 is 1.27 bits per heavy atom. The number of hydrogen-bond donors (Lipinski definition) is 1. The van der Waals surface area contributed by atoms with Gasteiger partial charge in [0.1, 0.15) is 0 Å². The highest BCUT2D eigenvalue weighted by Crippen LogP contribution is 2.13. The lowest BCUT2D eigenvalue weighted by Gasteiger charge is -2.15. The van der Waals surface area contributed by atoms with E-state index in [0.29, 0.717) is 6.04 Å². The molecule has 0 saturated heterocycles. The molecule has 0 saturated carbocycles. The van der Waals surface area contributed by atoms with Gasteiger partial charge in [-0.25, -0.2) is 0 Å². The normalized spacial score (nSPS) is 12.8. The van der Waals surface area contributed by atoms with Crippen molar-refractivity contribution in [3.05, 3.63) is 34.9 Å². The standard InChI is InChI=1S/C13H21NS/c1-10-6-5-7-11(2)13(10)8-14-12(3)9-15-4/h5-7,12,14H,8-9H2,1-4H3. The van der Waals surface area contributed by atoms with Crippen LogP contribution in [-0.4, -0.2) is 18.1 Å². The summed E-state index contributed by atoms with van der Waals surface area (Å²) >= 11 is 1.89. The number of thioether (sulfide) groups is 1. The van der Waals surface area contributed by atoms with Gasteiger partial charge in [-0.3, -0.25) is 0 Å². The van der Waals surface area contributed by atoms with Crippen LogP contribution in [-0.2, 0) is 6.54 Å². The average molecular weight is 223 g/mol. The zero-order chi connectivity index (χ0) is 11.3. The van der Waals surface area contributed by atoms with E-state index >= 15 is 0 Å². The number of nitrogens with one attached hydrogen (secondary N) is 1. The molecule has 1 N–H and O–H groups in total. The largest absolute Gasteiger partial charge is 0.309 e. The summed E-state index contributed by atoms with van der Waals surface area (Å²) in [5.41, 5.74) is 4.23. The van der Waals surface area contributed by atoms with Gasteiger partial charge in [-0.2, -0.15) is 11.8 Å². The van der Waals surface area contributed by atoms with Crippen LogP contribution in [0.25, 0.3) is 0 Å². The molecule has 1 aromatic carbocycles. The van der Waals surface area contributed by atoms with E-state index in [1.165, 1.54) is 22.4 Å². The fourth-order valence-electron chi connectivity index (χ4n) is 1.71. The van der Waals surface area contributed by atoms with Crippen molar-refractivity contribution < 1.29 is 0 Å². The van der Waals surface area contributed by atoms with Gasteiger partial charge in [0, 0.05) is 18.3 Å². The van der Waals surface area contributed by atoms with Gasteiger partial charge in [-0.15, -0.1) is 0 Å². The van der Waals surface area contributed by atoms with Crippen molar-refractivity contribution >= 4 is 11.8 Å². The summed E-state index contributed by atoms with van der Waals surface area (Å²) in [6, 6.07) is 7.07. The van der Waals surface area contributed by atoms with Gasteiger partial charge in [0.15, 0.2) is 0 Å². The molecule has 0 spiro atoms. The molecule has 1 atom stereocenters. The highest BCUT2D eigenvalue weighted by atomic mass is 32.2. The second kappa shape index (κ2) is 6.19. The predicted octanol–water partition coefficient (Wildman–Crippen LogP) is 3.14. The van der Waals surface area contributed by atoms with E-state index < -0.39 is 0 Å². The van der Waals surface area contributed by atoms with E-state index in [2.05, 4.69) is 50.5 Å². The third-order valence-electron chi connectivity index (χ3n) is 2.69. The molecular formula is C13H21NS. The molecule has 0 aliphatic heterocycles. The average Bonchev–Trinajstić information content (AvgIpc) is 2.17. The fraction of sp³-hybridized carbons (Fsp3) is 0.538. The zero-order valence-corrected chi connectivity index (χ0v) is 10.9. The topological polar surface area (TPSA) is 12.0 Å². The molecule has 1 nitrogen and oxygen atoms in total. The van der Waals surface area contributed by atoms with Crippen molar-refractivity contribution in [2.45, 2.75) is 33.4 Å². The summed E-state index contributed by atoms with van der Waals surface area (Å²) in [5, 5.41) is 3.56. The Morgan fingerprint density at radius 2 is 1.87 bits per heavy atom. The smallest absolute Gasteiger partial charge is 0.0213 e. The maximum absolute atomic E-state index is 3.56. The van der Waals surface area contributed by atoms with Crippen LogP contribution in [0.2, 0.25) is 0 Å². The van der Waals surface area contributed by atoms with Crippen LogP contribution in [0.5, 0.6) is 0 Å².